The number of hydrogen-bond acceptors (Lipinski definition) is 9. The molecule has 1 aromatic carbocycles. The lowest BCUT2D eigenvalue weighted by molar-refractivity contribution is -0.144. The highest BCUT2D eigenvalue weighted by Crippen LogP contribution is 2.00. The van der Waals surface area contributed by atoms with Crippen molar-refractivity contribution in [1.82, 2.24) is 0 Å². The van der Waals surface area contributed by atoms with Crippen molar-refractivity contribution in [2.24, 2.45) is 0 Å². The lowest BCUT2D eigenvalue weighted by Crippen LogP contribution is -2.15. The van der Waals surface area contributed by atoms with Gasteiger partial charge in [0.2, 0.25) is 0 Å². The fraction of sp³-hybridized carbons (Fsp3) is 0.708. The summed E-state index contributed by atoms with van der Waals surface area (Å²) < 4.78 is 42.8. The van der Waals surface area contributed by atoms with Crippen LogP contribution in [0.4, 0.5) is 0 Å². The van der Waals surface area contributed by atoms with E-state index in [2.05, 4.69) is 0 Å². The third-order valence-electron chi connectivity index (χ3n) is 4.10. The maximum absolute atomic E-state index is 11.1. The minimum Gasteiger partial charge on any atom is -0.466 e. The molecule has 0 spiro atoms. The van der Waals surface area contributed by atoms with Gasteiger partial charge in [-0.05, 0) is 12.5 Å². The van der Waals surface area contributed by atoms with Crippen molar-refractivity contribution in [3.05, 3.63) is 35.9 Å². The Hall–Kier alpha value is -1.59. The van der Waals surface area contributed by atoms with Gasteiger partial charge >= 0.3 is 5.97 Å². The molecule has 0 saturated carbocycles. The molecule has 1 rings (SSSR count). The first-order valence-electron chi connectivity index (χ1n) is 11.6. The van der Waals surface area contributed by atoms with Crippen LogP contribution in [0, 0.1) is 0 Å². The number of benzene rings is 1. The van der Waals surface area contributed by atoms with Gasteiger partial charge in [-0.15, -0.1) is 0 Å². The van der Waals surface area contributed by atoms with Crippen LogP contribution in [-0.4, -0.2) is 98.5 Å². The Balaban J connectivity index is 1.66. The van der Waals surface area contributed by atoms with E-state index < -0.39 is 0 Å². The zero-order valence-electron chi connectivity index (χ0n) is 19.9. The molecule has 33 heavy (non-hydrogen) atoms. The Morgan fingerprint density at radius 3 is 1.39 bits per heavy atom. The summed E-state index contributed by atoms with van der Waals surface area (Å²) in [5.41, 5.74) is 1.16. The minimum absolute atomic E-state index is 0.245. The average molecular weight is 473 g/mol. The summed E-state index contributed by atoms with van der Waals surface area (Å²) in [6.45, 7) is 9.24. The minimum atomic E-state index is -0.245. The van der Waals surface area contributed by atoms with E-state index in [0.717, 1.165) is 5.56 Å². The topological polar surface area (TPSA) is 90.9 Å². The van der Waals surface area contributed by atoms with Gasteiger partial charge in [0.15, 0.2) is 0 Å². The summed E-state index contributed by atoms with van der Waals surface area (Å²) in [7, 11) is 0. The average Bonchev–Trinajstić information content (AvgIpc) is 2.83. The maximum atomic E-state index is 11.1. The van der Waals surface area contributed by atoms with Gasteiger partial charge in [0.1, 0.15) is 0 Å². The largest absolute Gasteiger partial charge is 0.466 e. The Morgan fingerprint density at radius 1 is 0.576 bits per heavy atom. The Labute approximate surface area is 197 Å². The molecule has 0 aliphatic carbocycles. The predicted molar refractivity (Wildman–Crippen MR) is 122 cm³/mol. The van der Waals surface area contributed by atoms with Gasteiger partial charge in [0, 0.05) is 0 Å². The zero-order valence-corrected chi connectivity index (χ0v) is 19.9. The molecule has 9 nitrogen and oxygen atoms in total. The van der Waals surface area contributed by atoms with Crippen LogP contribution in [-0.2, 0) is 49.3 Å². The van der Waals surface area contributed by atoms with Crippen molar-refractivity contribution < 1.29 is 42.7 Å². The van der Waals surface area contributed by atoms with Crippen LogP contribution in [0.2, 0.25) is 0 Å². The maximum Gasteiger partial charge on any atom is 0.308 e. The Morgan fingerprint density at radius 2 is 0.970 bits per heavy atom. The lowest BCUT2D eigenvalue weighted by atomic mass is 10.2. The van der Waals surface area contributed by atoms with Gasteiger partial charge in [0.25, 0.3) is 0 Å². The van der Waals surface area contributed by atoms with Gasteiger partial charge in [-0.1, -0.05) is 30.3 Å². The summed E-state index contributed by atoms with van der Waals surface area (Å²) in [4.78, 5) is 11.1. The Bertz CT molecular complexity index is 542. The highest BCUT2D eigenvalue weighted by atomic mass is 16.6. The summed E-state index contributed by atoms with van der Waals surface area (Å²) >= 11 is 0. The van der Waals surface area contributed by atoms with Gasteiger partial charge in [0.05, 0.1) is 106 Å². The van der Waals surface area contributed by atoms with Gasteiger partial charge < -0.3 is 37.9 Å². The van der Waals surface area contributed by atoms with Crippen molar-refractivity contribution in [3.63, 3.8) is 0 Å². The third kappa shape index (κ3) is 20.7. The molecule has 1 aromatic rings. The van der Waals surface area contributed by atoms with E-state index >= 15 is 0 Å². The van der Waals surface area contributed by atoms with E-state index in [9.17, 15) is 4.79 Å². The molecule has 0 aliphatic rings. The van der Waals surface area contributed by atoms with Gasteiger partial charge in [-0.25, -0.2) is 0 Å². The molecule has 0 heterocycles. The first-order valence-corrected chi connectivity index (χ1v) is 11.6. The van der Waals surface area contributed by atoms with Gasteiger partial charge in [-0.2, -0.15) is 0 Å². The van der Waals surface area contributed by atoms with Crippen LogP contribution in [0.25, 0.3) is 0 Å². The quantitative estimate of drug-likeness (QED) is 0.166. The summed E-state index contributed by atoms with van der Waals surface area (Å²) in [5.74, 6) is -0.245. The van der Waals surface area contributed by atoms with Crippen molar-refractivity contribution in [1.29, 1.82) is 0 Å². The van der Waals surface area contributed by atoms with Crippen LogP contribution in [0.5, 0.6) is 0 Å². The van der Waals surface area contributed by atoms with Crippen LogP contribution < -0.4 is 0 Å². The standard InChI is InChI=1S/C24H40O9/c1-2-33-24(25)8-9-26-10-11-27-12-13-28-14-15-29-16-17-30-18-19-31-20-21-32-22-23-6-4-3-5-7-23/h3-7H,2,8-22H2,1H3. The fourth-order valence-corrected chi connectivity index (χ4v) is 2.47. The molecule has 0 aliphatic heterocycles. The smallest absolute Gasteiger partial charge is 0.308 e. The van der Waals surface area contributed by atoms with Crippen LogP contribution in [0.3, 0.4) is 0 Å². The van der Waals surface area contributed by atoms with Crippen molar-refractivity contribution in [3.8, 4) is 0 Å². The first kappa shape index (κ1) is 29.4. The lowest BCUT2D eigenvalue weighted by Gasteiger charge is -2.08. The number of ether oxygens (including phenoxy) is 8. The molecule has 190 valence electrons. The van der Waals surface area contributed by atoms with Crippen molar-refractivity contribution in [2.45, 2.75) is 20.0 Å². The second-order valence-corrected chi connectivity index (χ2v) is 6.77. The van der Waals surface area contributed by atoms with E-state index in [4.69, 9.17) is 37.9 Å². The second kappa shape index (κ2) is 23.6. The second-order valence-electron chi connectivity index (χ2n) is 6.77. The summed E-state index contributed by atoms with van der Waals surface area (Å²) in [6.07, 6.45) is 0.265. The van der Waals surface area contributed by atoms with Crippen molar-refractivity contribution in [2.75, 3.05) is 92.5 Å². The van der Waals surface area contributed by atoms with E-state index in [1.807, 2.05) is 30.3 Å². The van der Waals surface area contributed by atoms with Crippen LogP contribution in [0.1, 0.15) is 18.9 Å². The molecule has 9 heteroatoms. The molecular formula is C24H40O9. The SMILES string of the molecule is CCOC(=O)CCOCCOCCOCCOCCOCCOCCOCc1ccccc1. The molecule has 0 amide bonds. The number of carbonyl (C=O) groups excluding carboxylic acids is 1. The summed E-state index contributed by atoms with van der Waals surface area (Å²) in [5, 5.41) is 0. The molecular weight excluding hydrogens is 432 g/mol. The molecule has 0 saturated heterocycles. The summed E-state index contributed by atoms with van der Waals surface area (Å²) in [6, 6.07) is 10.1. The van der Waals surface area contributed by atoms with E-state index in [0.29, 0.717) is 99.1 Å². The zero-order chi connectivity index (χ0) is 23.7. The fourth-order valence-electron chi connectivity index (χ4n) is 2.47. The predicted octanol–water partition coefficient (Wildman–Crippen LogP) is 2.26. The molecule has 0 N–H and O–H groups in total. The molecule has 0 radical (unpaired) electrons. The van der Waals surface area contributed by atoms with E-state index in [1.54, 1.807) is 6.92 Å². The van der Waals surface area contributed by atoms with Gasteiger partial charge in [-0.3, -0.25) is 4.79 Å². The Kier molecular flexibility index (Phi) is 21.0. The molecule has 0 fully saturated rings. The molecule has 0 atom stereocenters. The number of hydrogen-bond donors (Lipinski definition) is 0. The number of esters is 1. The molecule has 0 bridgehead atoms. The third-order valence-corrected chi connectivity index (χ3v) is 4.10. The number of rotatable bonds is 24. The highest BCUT2D eigenvalue weighted by molar-refractivity contribution is 5.69. The highest BCUT2D eigenvalue weighted by Gasteiger charge is 2.00. The molecule has 0 aromatic heterocycles. The van der Waals surface area contributed by atoms with E-state index in [-0.39, 0.29) is 12.4 Å². The van der Waals surface area contributed by atoms with Crippen molar-refractivity contribution >= 4 is 5.97 Å². The van der Waals surface area contributed by atoms with Crippen LogP contribution >= 0.6 is 0 Å². The normalized spacial score (nSPS) is 11.1. The van der Waals surface area contributed by atoms with E-state index in [1.165, 1.54) is 0 Å². The monoisotopic (exact) mass is 472 g/mol. The molecule has 0 unspecified atom stereocenters. The first-order chi connectivity index (χ1) is 16.3. The van der Waals surface area contributed by atoms with Crippen LogP contribution in [0.15, 0.2) is 30.3 Å². The number of carbonyl (C=O) groups is 1.